The number of hydrogen-bond donors (Lipinski definition) is 0. The van der Waals surface area contributed by atoms with Gasteiger partial charge >= 0.3 is 0 Å². The summed E-state index contributed by atoms with van der Waals surface area (Å²) in [5.74, 6) is 0. The number of rotatable bonds is 4. The van der Waals surface area contributed by atoms with Crippen molar-refractivity contribution in [3.8, 4) is 44.5 Å². The van der Waals surface area contributed by atoms with E-state index in [0.29, 0.717) is 0 Å². The van der Waals surface area contributed by atoms with Crippen LogP contribution in [0.5, 0.6) is 0 Å². The minimum Gasteiger partial charge on any atom is -0.456 e. The van der Waals surface area contributed by atoms with Gasteiger partial charge in [-0.1, -0.05) is 139 Å². The van der Waals surface area contributed by atoms with Gasteiger partial charge in [-0.3, -0.25) is 0 Å². The quantitative estimate of drug-likeness (QED) is 0.185. The van der Waals surface area contributed by atoms with Crippen molar-refractivity contribution < 1.29 is 33.2 Å². The third kappa shape index (κ3) is 4.24. The molecule has 45 heavy (non-hydrogen) atoms. The average Bonchev–Trinajstić information content (AvgIpc) is 3.72. The maximum absolute atomic E-state index is 9.86. The zero-order valence-corrected chi connectivity index (χ0v) is 22.9. The fourth-order valence-corrected chi connectivity index (χ4v) is 5.66. The Balaban J connectivity index is 1.50. The van der Waals surface area contributed by atoms with Crippen LogP contribution in [0.4, 0.5) is 0 Å². The van der Waals surface area contributed by atoms with Gasteiger partial charge in [-0.2, -0.15) is 0 Å². The van der Waals surface area contributed by atoms with Crippen LogP contribution in [-0.2, 0) is 0 Å². The van der Waals surface area contributed by atoms with Crippen molar-refractivity contribution in [3.63, 3.8) is 0 Å². The van der Waals surface area contributed by atoms with E-state index in [2.05, 4.69) is 0 Å². The summed E-state index contributed by atoms with van der Waals surface area (Å²) in [5, 5.41) is -0.0468. The number of benzene rings is 8. The monoisotopic (exact) mass is 593 g/mol. The third-order valence-electron chi connectivity index (χ3n) is 7.57. The highest BCUT2D eigenvalue weighted by atomic mass is 16.3. The third-order valence-corrected chi connectivity index (χ3v) is 7.57. The summed E-state index contributed by atoms with van der Waals surface area (Å²) in [6.07, 6.45) is 0. The van der Waals surface area contributed by atoms with Crippen molar-refractivity contribution in [2.75, 3.05) is 0 Å². The van der Waals surface area contributed by atoms with Crippen LogP contribution in [0.2, 0.25) is 0 Å². The number of hydrogen-bond acceptors (Lipinski definition) is 1. The van der Waals surface area contributed by atoms with Crippen molar-refractivity contribution in [1.29, 1.82) is 0 Å². The first-order valence-corrected chi connectivity index (χ1v) is 13.7. The Labute approximate surface area is 291 Å². The van der Waals surface area contributed by atoms with E-state index in [1.54, 1.807) is 24.3 Å². The highest BCUT2D eigenvalue weighted by Gasteiger charge is 2.18. The van der Waals surface area contributed by atoms with E-state index >= 15 is 0 Å². The maximum atomic E-state index is 9.86. The fourth-order valence-electron chi connectivity index (χ4n) is 5.66. The zero-order valence-electron chi connectivity index (χ0n) is 43.9. The molecule has 0 unspecified atom stereocenters. The molecule has 1 aromatic heterocycles. The molecule has 1 nitrogen and oxygen atoms in total. The van der Waals surface area contributed by atoms with E-state index in [9.17, 15) is 4.11 Å². The molecular weight excluding hydrogens is 544 g/mol. The highest BCUT2D eigenvalue weighted by molar-refractivity contribution is 6.22. The molecule has 0 atom stereocenters. The first-order chi connectivity index (χ1) is 31.1. The lowest BCUT2D eigenvalue weighted by atomic mass is 9.84. The van der Waals surface area contributed by atoms with Crippen LogP contribution in [0.15, 0.2) is 174 Å². The molecule has 1 heteroatoms. The summed E-state index contributed by atoms with van der Waals surface area (Å²) in [4.78, 5) is 0. The Bertz CT molecular complexity index is 3670. The average molecular weight is 594 g/mol. The van der Waals surface area contributed by atoms with Crippen molar-refractivity contribution in [3.05, 3.63) is 169 Å². The Hall–Kier alpha value is -5.92. The van der Waals surface area contributed by atoms with Crippen molar-refractivity contribution >= 4 is 43.5 Å². The SMILES string of the molecule is [2H]c1c([2H])c([2H])c(-c2ccc3c(-c4c([2H])c([2H])c([2H])c([2H])c4[2H])c4ccccc4c(-c4c([2H])c([2H])c([2H])c(-c5c([2H])c([2H])c6oc7c([2H])c([2H])c([2H])c([2H])c7c6c5[2H])c4[2H])c3c2)c([2H])c1[2H]. The van der Waals surface area contributed by atoms with Crippen molar-refractivity contribution in [2.24, 2.45) is 0 Å². The van der Waals surface area contributed by atoms with Gasteiger partial charge in [0.25, 0.3) is 0 Å². The van der Waals surface area contributed by atoms with Crippen LogP contribution < -0.4 is 0 Å². The Morgan fingerprint density at radius 3 is 1.76 bits per heavy atom. The van der Waals surface area contributed by atoms with Gasteiger partial charge in [0.05, 0.1) is 28.8 Å². The van der Waals surface area contributed by atoms with Gasteiger partial charge in [-0.25, -0.2) is 0 Å². The van der Waals surface area contributed by atoms with E-state index in [1.807, 2.05) is 0 Å². The molecule has 0 saturated heterocycles. The van der Waals surface area contributed by atoms with Crippen LogP contribution >= 0.6 is 0 Å². The molecule has 0 bridgehead atoms. The minimum absolute atomic E-state index is 0.0243. The van der Waals surface area contributed by atoms with Gasteiger partial charge in [-0.05, 0) is 96.3 Å². The van der Waals surface area contributed by atoms with Crippen LogP contribution in [-0.4, -0.2) is 0 Å². The minimum atomic E-state index is -0.798. The van der Waals surface area contributed by atoms with Gasteiger partial charge in [-0.15, -0.1) is 0 Å². The van der Waals surface area contributed by atoms with Gasteiger partial charge in [0.2, 0.25) is 0 Å². The normalized spacial score (nSPS) is 18.1. The Morgan fingerprint density at radius 1 is 0.356 bits per heavy atom. The molecule has 0 fully saturated rings. The molecule has 9 rings (SSSR count). The zero-order chi connectivity index (χ0) is 48.0. The first kappa shape index (κ1) is 12.2. The lowest BCUT2D eigenvalue weighted by Gasteiger charge is -2.19. The molecule has 0 aliphatic heterocycles. The van der Waals surface area contributed by atoms with Gasteiger partial charge in [0.1, 0.15) is 11.2 Å². The van der Waals surface area contributed by atoms with Crippen LogP contribution in [0.25, 0.3) is 88.0 Å². The second-order valence-electron chi connectivity index (χ2n) is 10.1. The largest absolute Gasteiger partial charge is 0.456 e. The number of fused-ring (bicyclic) bond motifs is 5. The van der Waals surface area contributed by atoms with E-state index in [1.165, 1.54) is 18.2 Å². The predicted octanol–water partition coefficient (Wildman–Crippen LogP) is 12.6. The maximum Gasteiger partial charge on any atom is 0.135 e. The van der Waals surface area contributed by atoms with E-state index in [4.69, 9.17) is 29.1 Å². The number of para-hydroxylation sites is 1. The van der Waals surface area contributed by atoms with Gasteiger partial charge < -0.3 is 4.42 Å². The standard InChI is InChI=1S/C44H28O/c1-3-12-29(13-4-1)32-22-24-38-40(28-32)44(37-20-8-7-19-36(37)43(38)30-14-5-2-6-15-30)34-17-11-16-31(26-34)33-23-25-42-39(27-33)35-18-9-10-21-41(35)45-42/h1-28H/i1D,2D,3D,4D,5D,6D,9D,10D,11D,12D,13D,14D,15D,16D,17D,18D,21D,23D,25D,26D,27D. The molecule has 0 spiro atoms. The summed E-state index contributed by atoms with van der Waals surface area (Å²) in [6, 6.07) is -3.35. The Morgan fingerprint density at radius 2 is 0.956 bits per heavy atom. The molecule has 210 valence electrons. The molecule has 0 amide bonds. The second kappa shape index (κ2) is 10.4. The summed E-state index contributed by atoms with van der Waals surface area (Å²) < 4.78 is 190. The summed E-state index contributed by atoms with van der Waals surface area (Å²) in [5.41, 5.74) is -2.71. The van der Waals surface area contributed by atoms with Crippen LogP contribution in [0.3, 0.4) is 0 Å². The summed E-state index contributed by atoms with van der Waals surface area (Å²) >= 11 is 0. The van der Waals surface area contributed by atoms with Gasteiger partial charge in [0.15, 0.2) is 0 Å². The van der Waals surface area contributed by atoms with E-state index < -0.39 is 149 Å². The topological polar surface area (TPSA) is 13.1 Å². The van der Waals surface area contributed by atoms with Crippen LogP contribution in [0, 0.1) is 0 Å². The first-order valence-electron chi connectivity index (χ1n) is 24.2. The molecule has 9 aromatic rings. The fraction of sp³-hybridized carbons (Fsp3) is 0. The molecule has 1 heterocycles. The number of furan rings is 1. The summed E-state index contributed by atoms with van der Waals surface area (Å²) in [7, 11) is 0. The Kier molecular flexibility index (Phi) is 2.82. The molecular formula is C44H28O. The van der Waals surface area contributed by atoms with Crippen LogP contribution in [0.1, 0.15) is 28.8 Å². The highest BCUT2D eigenvalue weighted by Crippen LogP contribution is 2.45. The smallest absolute Gasteiger partial charge is 0.135 e. The summed E-state index contributed by atoms with van der Waals surface area (Å²) in [6.45, 7) is 0. The van der Waals surface area contributed by atoms with Crippen molar-refractivity contribution in [2.45, 2.75) is 0 Å². The molecule has 0 aliphatic carbocycles. The molecule has 0 radical (unpaired) electrons. The van der Waals surface area contributed by atoms with E-state index in [0.717, 1.165) is 0 Å². The van der Waals surface area contributed by atoms with Crippen molar-refractivity contribution in [1.82, 2.24) is 0 Å². The second-order valence-corrected chi connectivity index (χ2v) is 10.1. The molecule has 0 N–H and O–H groups in total. The lowest BCUT2D eigenvalue weighted by molar-refractivity contribution is 0.669. The predicted molar refractivity (Wildman–Crippen MR) is 190 cm³/mol. The van der Waals surface area contributed by atoms with Gasteiger partial charge in [0, 0.05) is 10.8 Å². The molecule has 8 aromatic carbocycles. The molecule has 0 aliphatic rings. The van der Waals surface area contributed by atoms with E-state index in [-0.39, 0.29) is 65.7 Å². The molecule has 0 saturated carbocycles. The lowest BCUT2D eigenvalue weighted by Crippen LogP contribution is -1.92.